The van der Waals surface area contributed by atoms with Crippen LogP contribution in [0.3, 0.4) is 0 Å². The molecule has 0 bridgehead atoms. The fourth-order valence-electron chi connectivity index (χ4n) is 5.34. The lowest BCUT2D eigenvalue weighted by molar-refractivity contribution is 0.102. The molecule has 8 heteroatoms. The van der Waals surface area contributed by atoms with Crippen LogP contribution in [0.15, 0.2) is 54.9 Å². The first-order valence-corrected chi connectivity index (χ1v) is 13.1. The summed E-state index contributed by atoms with van der Waals surface area (Å²) < 4.78 is 7.51. The Morgan fingerprint density at radius 2 is 1.76 bits per heavy atom. The van der Waals surface area contributed by atoms with Gasteiger partial charge in [-0.25, -0.2) is 4.98 Å². The van der Waals surface area contributed by atoms with Crippen molar-refractivity contribution in [2.75, 3.05) is 41.8 Å². The van der Waals surface area contributed by atoms with Crippen LogP contribution in [0.1, 0.15) is 38.3 Å². The second kappa shape index (κ2) is 9.95. The fourth-order valence-corrected chi connectivity index (χ4v) is 5.34. The zero-order valence-corrected chi connectivity index (χ0v) is 22.0. The molecular weight excluding hydrogens is 476 g/mol. The van der Waals surface area contributed by atoms with E-state index in [0.29, 0.717) is 11.5 Å². The van der Waals surface area contributed by atoms with E-state index in [1.165, 1.54) is 5.69 Å². The molecule has 1 amide bonds. The van der Waals surface area contributed by atoms with Gasteiger partial charge in [-0.1, -0.05) is 18.2 Å². The van der Waals surface area contributed by atoms with E-state index in [1.807, 2.05) is 55.1 Å². The highest BCUT2D eigenvalue weighted by atomic mass is 16.5. The molecule has 2 aromatic heterocycles. The maximum atomic E-state index is 13.3. The number of nitrogens with zero attached hydrogens (tertiary/aromatic N) is 4. The van der Waals surface area contributed by atoms with E-state index in [1.54, 1.807) is 0 Å². The highest BCUT2D eigenvalue weighted by Gasteiger charge is 2.24. The number of nitrogens with one attached hydrogen (secondary N) is 2. The molecule has 0 unspecified atom stereocenters. The number of fused-ring (bicyclic) bond motifs is 3. The number of rotatable bonds is 5. The van der Waals surface area contributed by atoms with E-state index in [9.17, 15) is 4.79 Å². The Hall–Kier alpha value is -4.17. The van der Waals surface area contributed by atoms with Crippen LogP contribution in [0.4, 0.5) is 23.0 Å². The Balaban J connectivity index is 1.24. The number of ether oxygens (including phenoxy) is 1. The number of hydrogen-bond donors (Lipinski definition) is 2. The van der Waals surface area contributed by atoms with Crippen molar-refractivity contribution < 1.29 is 9.53 Å². The molecule has 194 valence electrons. The largest absolute Gasteiger partial charge is 0.378 e. The lowest BCUT2D eigenvalue weighted by atomic mass is 10.0. The van der Waals surface area contributed by atoms with Crippen molar-refractivity contribution in [3.63, 3.8) is 0 Å². The van der Waals surface area contributed by atoms with Crippen LogP contribution >= 0.6 is 0 Å². The average molecular weight is 509 g/mol. The van der Waals surface area contributed by atoms with Gasteiger partial charge in [-0.2, -0.15) is 4.98 Å². The Morgan fingerprint density at radius 3 is 2.53 bits per heavy atom. The van der Waals surface area contributed by atoms with Crippen molar-refractivity contribution in [3.05, 3.63) is 88.4 Å². The van der Waals surface area contributed by atoms with E-state index in [2.05, 4.69) is 45.6 Å². The van der Waals surface area contributed by atoms with E-state index in [-0.39, 0.29) is 5.91 Å². The summed E-state index contributed by atoms with van der Waals surface area (Å²) in [5, 5.41) is 6.53. The summed E-state index contributed by atoms with van der Waals surface area (Å²) in [4.78, 5) is 25.1. The maximum absolute atomic E-state index is 13.3. The topological polar surface area (TPSA) is 84.3 Å². The molecule has 0 atom stereocenters. The number of para-hydroxylation sites is 1. The van der Waals surface area contributed by atoms with Crippen molar-refractivity contribution in [1.29, 1.82) is 0 Å². The minimum atomic E-state index is -0.0945. The number of morpholine rings is 1. The van der Waals surface area contributed by atoms with Gasteiger partial charge < -0.3 is 24.8 Å². The summed E-state index contributed by atoms with van der Waals surface area (Å²) in [6.07, 6.45) is 5.37. The standard InChI is InChI=1S/C30H32N6O2/c1-19-5-4-6-20(2)27(19)33-29(37)24-11-12-36-26(24)10-7-22-18-31-30(34-28(22)36)32-25-9-8-23(17-21(25)3)35-13-15-38-16-14-35/h4-6,8-9,11-12,17-18H,7,10,13-16H2,1-3H3,(H,33,37)(H,31,32,34). The first-order valence-electron chi connectivity index (χ1n) is 13.1. The van der Waals surface area contributed by atoms with Crippen LogP contribution in [0.5, 0.6) is 0 Å². The van der Waals surface area contributed by atoms with Gasteiger partial charge in [0.25, 0.3) is 5.91 Å². The third-order valence-corrected chi connectivity index (χ3v) is 7.49. The van der Waals surface area contributed by atoms with Crippen LogP contribution in [-0.4, -0.2) is 46.7 Å². The summed E-state index contributed by atoms with van der Waals surface area (Å²) in [5.74, 6) is 1.26. The number of anilines is 4. The number of benzene rings is 2. The van der Waals surface area contributed by atoms with Crippen molar-refractivity contribution in [2.45, 2.75) is 33.6 Å². The molecule has 1 fully saturated rings. The molecule has 6 rings (SSSR count). The fraction of sp³-hybridized carbons (Fsp3) is 0.300. The Kier molecular flexibility index (Phi) is 6.33. The molecule has 2 aliphatic rings. The van der Waals surface area contributed by atoms with Crippen LogP contribution in [0.2, 0.25) is 0 Å². The van der Waals surface area contributed by atoms with E-state index in [4.69, 9.17) is 9.72 Å². The van der Waals surface area contributed by atoms with Gasteiger partial charge in [0.05, 0.1) is 18.8 Å². The van der Waals surface area contributed by atoms with E-state index >= 15 is 0 Å². The average Bonchev–Trinajstić information content (AvgIpc) is 3.37. The Bertz CT molecular complexity index is 1500. The van der Waals surface area contributed by atoms with Gasteiger partial charge >= 0.3 is 0 Å². The number of amides is 1. The number of aryl methyl sites for hydroxylation is 4. The summed E-state index contributed by atoms with van der Waals surface area (Å²) in [5.41, 5.74) is 8.99. The predicted molar refractivity (Wildman–Crippen MR) is 150 cm³/mol. The van der Waals surface area contributed by atoms with Crippen molar-refractivity contribution in [1.82, 2.24) is 14.5 Å². The van der Waals surface area contributed by atoms with Crippen LogP contribution in [0, 0.1) is 20.8 Å². The first-order chi connectivity index (χ1) is 18.5. The second-order valence-corrected chi connectivity index (χ2v) is 10.0. The van der Waals surface area contributed by atoms with Gasteiger partial charge in [-0.3, -0.25) is 4.79 Å². The molecule has 2 aromatic carbocycles. The van der Waals surface area contributed by atoms with Gasteiger partial charge in [-0.05, 0) is 74.6 Å². The maximum Gasteiger partial charge on any atom is 0.257 e. The van der Waals surface area contributed by atoms with E-state index in [0.717, 1.165) is 84.3 Å². The molecule has 1 saturated heterocycles. The number of aromatic nitrogens is 3. The number of hydrogen-bond acceptors (Lipinski definition) is 6. The zero-order valence-electron chi connectivity index (χ0n) is 22.0. The van der Waals surface area contributed by atoms with E-state index < -0.39 is 0 Å². The third-order valence-electron chi connectivity index (χ3n) is 7.49. The van der Waals surface area contributed by atoms with Gasteiger partial charge in [0.1, 0.15) is 5.82 Å². The number of carbonyl (C=O) groups is 1. The van der Waals surface area contributed by atoms with Crippen LogP contribution in [0.25, 0.3) is 5.82 Å². The smallest absolute Gasteiger partial charge is 0.257 e. The molecule has 8 nitrogen and oxygen atoms in total. The summed E-state index contributed by atoms with van der Waals surface area (Å²) >= 11 is 0. The SMILES string of the molecule is Cc1cc(N2CCOCC2)ccc1Nc1ncc2c(n1)-n1ccc(C(=O)Nc3c(C)cccc3C)c1CC2. The van der Waals surface area contributed by atoms with Crippen molar-refractivity contribution >= 4 is 28.9 Å². The van der Waals surface area contributed by atoms with Gasteiger partial charge in [0.15, 0.2) is 0 Å². The molecule has 0 radical (unpaired) electrons. The van der Waals surface area contributed by atoms with Gasteiger partial charge in [-0.15, -0.1) is 0 Å². The molecule has 2 N–H and O–H groups in total. The predicted octanol–water partition coefficient (Wildman–Crippen LogP) is 5.12. The second-order valence-electron chi connectivity index (χ2n) is 10.0. The first kappa shape index (κ1) is 24.2. The third kappa shape index (κ3) is 4.52. The van der Waals surface area contributed by atoms with Gasteiger partial charge in [0, 0.05) is 53.8 Å². The quantitative estimate of drug-likeness (QED) is 0.389. The van der Waals surface area contributed by atoms with Crippen molar-refractivity contribution in [3.8, 4) is 5.82 Å². The molecule has 0 aliphatic carbocycles. The lowest BCUT2D eigenvalue weighted by Gasteiger charge is -2.29. The molecule has 38 heavy (non-hydrogen) atoms. The van der Waals surface area contributed by atoms with Gasteiger partial charge in [0.2, 0.25) is 5.95 Å². The molecular formula is C30H32N6O2. The molecule has 4 heterocycles. The minimum absolute atomic E-state index is 0.0945. The zero-order chi connectivity index (χ0) is 26.2. The summed E-state index contributed by atoms with van der Waals surface area (Å²) in [6.45, 7) is 9.45. The molecule has 2 aliphatic heterocycles. The summed E-state index contributed by atoms with van der Waals surface area (Å²) in [6, 6.07) is 14.3. The lowest BCUT2D eigenvalue weighted by Crippen LogP contribution is -2.36. The highest BCUT2D eigenvalue weighted by Crippen LogP contribution is 2.30. The normalized spacial score (nSPS) is 14.6. The minimum Gasteiger partial charge on any atom is -0.378 e. The van der Waals surface area contributed by atoms with Crippen LogP contribution in [-0.2, 0) is 17.6 Å². The van der Waals surface area contributed by atoms with Crippen LogP contribution < -0.4 is 15.5 Å². The molecule has 0 saturated carbocycles. The number of carbonyl (C=O) groups excluding carboxylic acids is 1. The molecule has 4 aromatic rings. The highest BCUT2D eigenvalue weighted by molar-refractivity contribution is 6.06. The summed E-state index contributed by atoms with van der Waals surface area (Å²) in [7, 11) is 0. The Labute approximate surface area is 222 Å². The Morgan fingerprint density at radius 1 is 0.974 bits per heavy atom. The molecule has 0 spiro atoms. The van der Waals surface area contributed by atoms with Crippen molar-refractivity contribution in [2.24, 2.45) is 0 Å². The monoisotopic (exact) mass is 508 g/mol.